The average Bonchev–Trinajstić information content (AvgIpc) is 3.32. The summed E-state index contributed by atoms with van der Waals surface area (Å²) in [6.45, 7) is 0.953. The van der Waals surface area contributed by atoms with E-state index >= 15 is 0 Å². The number of rotatable bonds is 5. The number of H-pyrrole nitrogens is 1. The summed E-state index contributed by atoms with van der Waals surface area (Å²) in [5, 5.41) is 3.30. The molecule has 0 saturated carbocycles. The molecule has 0 spiro atoms. The van der Waals surface area contributed by atoms with Crippen molar-refractivity contribution >= 4 is 22.6 Å². The minimum absolute atomic E-state index is 0.0271. The molecule has 0 atom stereocenters. The molecule has 5 rings (SSSR count). The molecular formula is C24H20FN3O5. The minimum Gasteiger partial charge on any atom is -0.486 e. The fraction of sp³-hybridized carbons (Fsp3) is 0.167. The third kappa shape index (κ3) is 4.38. The first kappa shape index (κ1) is 20.6. The maximum absolute atomic E-state index is 14.1. The lowest BCUT2D eigenvalue weighted by Crippen LogP contribution is -2.35. The van der Waals surface area contributed by atoms with Gasteiger partial charge in [-0.25, -0.2) is 9.18 Å². The Morgan fingerprint density at radius 2 is 1.82 bits per heavy atom. The highest BCUT2D eigenvalue weighted by atomic mass is 19.1. The predicted octanol–water partition coefficient (Wildman–Crippen LogP) is 4.27. The number of hydrogen-bond acceptors (Lipinski definition) is 5. The topological polar surface area (TPSA) is 96.8 Å². The van der Waals surface area contributed by atoms with Gasteiger partial charge in [-0.2, -0.15) is 0 Å². The lowest BCUT2D eigenvalue weighted by Gasteiger charge is -2.23. The van der Waals surface area contributed by atoms with E-state index in [2.05, 4.69) is 10.3 Å². The molecule has 0 saturated heterocycles. The summed E-state index contributed by atoms with van der Waals surface area (Å²) in [7, 11) is 0. The number of amides is 2. The normalized spacial score (nSPS) is 12.5. The number of halogens is 1. The number of nitrogens with one attached hydrogen (secondary N) is 2. The van der Waals surface area contributed by atoms with E-state index in [0.717, 1.165) is 5.39 Å². The summed E-state index contributed by atoms with van der Waals surface area (Å²) in [6, 6.07) is 14.0. The number of fused-ring (bicyclic) bond motifs is 2. The van der Waals surface area contributed by atoms with Crippen LogP contribution in [-0.4, -0.2) is 29.1 Å². The van der Waals surface area contributed by atoms with E-state index in [1.54, 1.807) is 36.4 Å². The van der Waals surface area contributed by atoms with E-state index < -0.39 is 11.8 Å². The van der Waals surface area contributed by atoms with Crippen molar-refractivity contribution in [3.63, 3.8) is 0 Å². The van der Waals surface area contributed by atoms with Crippen LogP contribution >= 0.6 is 0 Å². The van der Waals surface area contributed by atoms with Crippen LogP contribution in [0.2, 0.25) is 0 Å². The van der Waals surface area contributed by atoms with E-state index in [1.807, 2.05) is 0 Å². The van der Waals surface area contributed by atoms with Crippen LogP contribution in [0.25, 0.3) is 10.9 Å². The van der Waals surface area contributed by atoms with Crippen LogP contribution in [0.3, 0.4) is 0 Å². The highest BCUT2D eigenvalue weighted by molar-refractivity contribution is 5.89. The summed E-state index contributed by atoms with van der Waals surface area (Å²) in [6.07, 6.45) is 1.50. The second-order valence-corrected chi connectivity index (χ2v) is 7.55. The Labute approximate surface area is 187 Å². The zero-order valence-electron chi connectivity index (χ0n) is 17.5. The molecule has 168 valence electrons. The van der Waals surface area contributed by atoms with Gasteiger partial charge < -0.3 is 29.1 Å². The summed E-state index contributed by atoms with van der Waals surface area (Å²) < 4.78 is 30.6. The fourth-order valence-corrected chi connectivity index (χ4v) is 3.66. The molecule has 0 unspecified atom stereocenters. The Morgan fingerprint density at radius 3 is 2.58 bits per heavy atom. The molecule has 9 heteroatoms. The lowest BCUT2D eigenvalue weighted by molar-refractivity contribution is 0.172. The van der Waals surface area contributed by atoms with Gasteiger partial charge in [0, 0.05) is 17.0 Å². The first-order chi connectivity index (χ1) is 16.1. The van der Waals surface area contributed by atoms with Crippen molar-refractivity contribution < 1.29 is 23.1 Å². The van der Waals surface area contributed by atoms with Gasteiger partial charge in [0.15, 0.2) is 11.5 Å². The van der Waals surface area contributed by atoms with Gasteiger partial charge in [-0.05, 0) is 36.4 Å². The quantitative estimate of drug-likeness (QED) is 0.474. The molecular weight excluding hydrogens is 429 g/mol. The van der Waals surface area contributed by atoms with Crippen LogP contribution in [0.1, 0.15) is 11.3 Å². The van der Waals surface area contributed by atoms with E-state index in [1.165, 1.54) is 29.4 Å². The molecule has 1 aliphatic heterocycles. The van der Waals surface area contributed by atoms with Crippen molar-refractivity contribution in [2.75, 3.05) is 18.5 Å². The first-order valence-corrected chi connectivity index (χ1v) is 10.4. The number of nitrogens with zero attached hydrogens (tertiary/aromatic N) is 1. The van der Waals surface area contributed by atoms with Crippen molar-refractivity contribution in [1.29, 1.82) is 0 Å². The molecule has 1 aliphatic rings. The van der Waals surface area contributed by atoms with Crippen LogP contribution in [0.15, 0.2) is 70.1 Å². The number of furan rings is 1. The van der Waals surface area contributed by atoms with E-state index in [-0.39, 0.29) is 24.3 Å². The van der Waals surface area contributed by atoms with Crippen LogP contribution in [0.4, 0.5) is 14.9 Å². The van der Waals surface area contributed by atoms with Crippen LogP contribution in [0.5, 0.6) is 11.5 Å². The maximum atomic E-state index is 14.1. The van der Waals surface area contributed by atoms with Crippen molar-refractivity contribution in [3.8, 4) is 11.5 Å². The number of aromatic amines is 1. The Bertz CT molecular complexity index is 1370. The molecule has 8 nitrogen and oxygen atoms in total. The SMILES string of the molecule is O=C(Nc1ccccc1F)N(Cc1ccco1)Cc1cc2cc3c(cc2[nH]c1=O)OCCO3. The second-order valence-electron chi connectivity index (χ2n) is 7.55. The Kier molecular flexibility index (Phi) is 5.43. The summed E-state index contributed by atoms with van der Waals surface area (Å²) in [5.74, 6) is 1.13. The summed E-state index contributed by atoms with van der Waals surface area (Å²) in [4.78, 5) is 30.0. The number of benzene rings is 2. The first-order valence-electron chi connectivity index (χ1n) is 10.4. The number of hydrogen-bond donors (Lipinski definition) is 2. The summed E-state index contributed by atoms with van der Waals surface area (Å²) in [5.41, 5.74) is 0.654. The van der Waals surface area contributed by atoms with Gasteiger partial charge in [0.1, 0.15) is 24.8 Å². The van der Waals surface area contributed by atoms with Crippen LogP contribution < -0.4 is 20.3 Å². The summed E-state index contributed by atoms with van der Waals surface area (Å²) >= 11 is 0. The van der Waals surface area contributed by atoms with E-state index in [0.29, 0.717) is 41.6 Å². The van der Waals surface area contributed by atoms with Crippen molar-refractivity contribution in [2.24, 2.45) is 0 Å². The van der Waals surface area contributed by atoms with Gasteiger partial charge in [0.2, 0.25) is 0 Å². The predicted molar refractivity (Wildman–Crippen MR) is 119 cm³/mol. The fourth-order valence-electron chi connectivity index (χ4n) is 3.66. The number of aromatic nitrogens is 1. The van der Waals surface area contributed by atoms with E-state index in [9.17, 15) is 14.0 Å². The highest BCUT2D eigenvalue weighted by Gasteiger charge is 2.20. The van der Waals surface area contributed by atoms with Gasteiger partial charge in [-0.3, -0.25) is 4.79 Å². The second kappa shape index (κ2) is 8.70. The van der Waals surface area contributed by atoms with Crippen molar-refractivity contribution in [1.82, 2.24) is 9.88 Å². The van der Waals surface area contributed by atoms with Gasteiger partial charge in [-0.15, -0.1) is 0 Å². The van der Waals surface area contributed by atoms with Gasteiger partial charge >= 0.3 is 6.03 Å². The smallest absolute Gasteiger partial charge is 0.322 e. The van der Waals surface area contributed by atoms with Crippen molar-refractivity contribution in [3.05, 3.63) is 88.4 Å². The monoisotopic (exact) mass is 449 g/mol. The maximum Gasteiger partial charge on any atom is 0.322 e. The Morgan fingerprint density at radius 1 is 1.03 bits per heavy atom. The molecule has 2 aromatic heterocycles. The van der Waals surface area contributed by atoms with Crippen LogP contribution in [0, 0.1) is 5.82 Å². The molecule has 4 aromatic rings. The molecule has 0 fully saturated rings. The zero-order chi connectivity index (χ0) is 22.8. The van der Waals surface area contributed by atoms with E-state index in [4.69, 9.17) is 13.9 Å². The lowest BCUT2D eigenvalue weighted by atomic mass is 10.1. The molecule has 3 heterocycles. The molecule has 33 heavy (non-hydrogen) atoms. The van der Waals surface area contributed by atoms with Gasteiger partial charge in [0.25, 0.3) is 5.56 Å². The van der Waals surface area contributed by atoms with Gasteiger partial charge in [-0.1, -0.05) is 12.1 Å². The number of urea groups is 1. The number of carbonyl (C=O) groups excluding carboxylic acids is 1. The zero-order valence-corrected chi connectivity index (χ0v) is 17.5. The molecule has 0 bridgehead atoms. The number of pyridine rings is 1. The number of ether oxygens (including phenoxy) is 2. The molecule has 0 radical (unpaired) electrons. The molecule has 2 amide bonds. The Balaban J connectivity index is 1.46. The Hall–Kier alpha value is -4.27. The van der Waals surface area contributed by atoms with Crippen LogP contribution in [-0.2, 0) is 13.1 Å². The van der Waals surface area contributed by atoms with Gasteiger partial charge in [0.05, 0.1) is 30.6 Å². The third-order valence-corrected chi connectivity index (χ3v) is 5.27. The number of anilines is 1. The van der Waals surface area contributed by atoms with Crippen molar-refractivity contribution in [2.45, 2.75) is 13.1 Å². The number of para-hydroxylation sites is 1. The average molecular weight is 449 g/mol. The molecule has 2 N–H and O–H groups in total. The largest absolute Gasteiger partial charge is 0.486 e. The number of carbonyl (C=O) groups is 1. The highest BCUT2D eigenvalue weighted by Crippen LogP contribution is 2.33. The standard InChI is InChI=1S/C24H20FN3O5/c25-18-5-1-2-6-19(18)27-24(30)28(14-17-4-3-7-31-17)13-16-10-15-11-21-22(33-9-8-32-21)12-20(15)26-23(16)29/h1-7,10-12H,8-9,13-14H2,(H,26,29)(H,27,30). The third-order valence-electron chi connectivity index (χ3n) is 5.27. The minimum atomic E-state index is -0.571. The molecule has 0 aliphatic carbocycles. The molecule has 2 aromatic carbocycles.